The van der Waals surface area contributed by atoms with Crippen LogP contribution in [0.15, 0.2) is 46.9 Å². The third-order valence-corrected chi connectivity index (χ3v) is 3.94. The summed E-state index contributed by atoms with van der Waals surface area (Å²) in [7, 11) is 0. The minimum absolute atomic E-state index is 0.302. The lowest BCUT2D eigenvalue weighted by atomic mass is 10.2. The predicted octanol–water partition coefficient (Wildman–Crippen LogP) is 3.15. The van der Waals surface area contributed by atoms with E-state index >= 15 is 0 Å². The first-order chi connectivity index (χ1) is 11.0. The molecule has 0 saturated heterocycles. The summed E-state index contributed by atoms with van der Waals surface area (Å²) in [5.41, 5.74) is 6.08. The number of amides is 2. The molecule has 1 saturated carbocycles. The first-order valence-corrected chi connectivity index (χ1v) is 7.51. The van der Waals surface area contributed by atoms with Gasteiger partial charge in [-0.05, 0) is 48.7 Å². The molecule has 3 N–H and O–H groups in total. The van der Waals surface area contributed by atoms with Gasteiger partial charge in [0.1, 0.15) is 11.5 Å². The Morgan fingerprint density at radius 2 is 2.09 bits per heavy atom. The minimum atomic E-state index is -0.533. The lowest BCUT2D eigenvalue weighted by Gasteiger charge is -2.03. The van der Waals surface area contributed by atoms with Gasteiger partial charge in [0.05, 0.1) is 0 Å². The molecule has 1 aromatic heterocycles. The fraction of sp³-hybridized carbons (Fsp3) is 0.222. The maximum absolute atomic E-state index is 11.9. The van der Waals surface area contributed by atoms with E-state index in [9.17, 15) is 9.59 Å². The maximum atomic E-state index is 11.9. The van der Waals surface area contributed by atoms with Crippen molar-refractivity contribution < 1.29 is 14.0 Å². The molecule has 3 rings (SSSR count). The van der Waals surface area contributed by atoms with Gasteiger partial charge in [-0.2, -0.15) is 0 Å². The third kappa shape index (κ3) is 3.69. The van der Waals surface area contributed by atoms with Gasteiger partial charge in [-0.15, -0.1) is 0 Å². The van der Waals surface area contributed by atoms with Crippen LogP contribution < -0.4 is 11.1 Å². The largest absolute Gasteiger partial charge is 0.461 e. The molecule has 0 spiro atoms. The summed E-state index contributed by atoms with van der Waals surface area (Å²) in [6.45, 7) is 2.19. The zero-order valence-corrected chi connectivity index (χ0v) is 12.8. The van der Waals surface area contributed by atoms with Gasteiger partial charge in [-0.3, -0.25) is 9.59 Å². The summed E-state index contributed by atoms with van der Waals surface area (Å²) in [4.78, 5) is 23.0. The van der Waals surface area contributed by atoms with E-state index in [1.54, 1.807) is 24.3 Å². The van der Waals surface area contributed by atoms with Crippen molar-refractivity contribution in [2.75, 3.05) is 5.32 Å². The van der Waals surface area contributed by atoms with Crippen LogP contribution in [0.2, 0.25) is 0 Å². The lowest BCUT2D eigenvalue weighted by molar-refractivity contribution is -0.111. The quantitative estimate of drug-likeness (QED) is 0.832. The monoisotopic (exact) mass is 310 g/mol. The first-order valence-electron chi connectivity index (χ1n) is 7.51. The van der Waals surface area contributed by atoms with E-state index in [1.165, 1.54) is 12.1 Å². The number of nitrogens with one attached hydrogen (secondary N) is 1. The smallest absolute Gasteiger partial charge is 0.248 e. The molecule has 5 nitrogen and oxygen atoms in total. The molecule has 0 aliphatic heterocycles. The summed E-state index contributed by atoms with van der Waals surface area (Å²) in [6, 6.07) is 10.3. The zero-order valence-electron chi connectivity index (χ0n) is 12.8. The van der Waals surface area contributed by atoms with Gasteiger partial charge in [0.15, 0.2) is 0 Å². The average molecular weight is 310 g/mol. The Morgan fingerprint density at radius 1 is 1.30 bits per heavy atom. The summed E-state index contributed by atoms with van der Waals surface area (Å²) in [6.07, 6.45) is 4.19. The van der Waals surface area contributed by atoms with E-state index in [0.29, 0.717) is 28.8 Å². The van der Waals surface area contributed by atoms with Crippen LogP contribution in [0.3, 0.4) is 0 Å². The molecule has 2 amide bonds. The van der Waals surface area contributed by atoms with E-state index in [2.05, 4.69) is 12.2 Å². The molecule has 1 heterocycles. The van der Waals surface area contributed by atoms with Crippen molar-refractivity contribution in [2.24, 2.45) is 11.7 Å². The van der Waals surface area contributed by atoms with Gasteiger partial charge >= 0.3 is 0 Å². The van der Waals surface area contributed by atoms with Crippen LogP contribution >= 0.6 is 0 Å². The molecular formula is C18H18N2O3. The summed E-state index contributed by atoms with van der Waals surface area (Å²) in [5, 5.41) is 2.68. The van der Waals surface area contributed by atoms with Crippen molar-refractivity contribution in [1.82, 2.24) is 0 Å². The van der Waals surface area contributed by atoms with E-state index in [4.69, 9.17) is 10.2 Å². The lowest BCUT2D eigenvalue weighted by Crippen LogP contribution is -2.12. The predicted molar refractivity (Wildman–Crippen MR) is 87.9 cm³/mol. The van der Waals surface area contributed by atoms with Gasteiger partial charge < -0.3 is 15.5 Å². The summed E-state index contributed by atoms with van der Waals surface area (Å²) < 4.78 is 5.70. The van der Waals surface area contributed by atoms with Crippen molar-refractivity contribution in [2.45, 2.75) is 19.3 Å². The Morgan fingerprint density at radius 3 is 2.78 bits per heavy atom. The number of furan rings is 1. The number of hydrogen-bond donors (Lipinski definition) is 2. The van der Waals surface area contributed by atoms with Crippen molar-refractivity contribution in [3.8, 4) is 0 Å². The number of hydrogen-bond acceptors (Lipinski definition) is 3. The van der Waals surface area contributed by atoms with E-state index < -0.39 is 5.91 Å². The molecule has 23 heavy (non-hydrogen) atoms. The van der Waals surface area contributed by atoms with Crippen LogP contribution in [0.1, 0.15) is 41.1 Å². The highest BCUT2D eigenvalue weighted by Crippen LogP contribution is 2.47. The number of nitrogens with two attached hydrogens (primary N) is 1. The molecule has 2 atom stereocenters. The second-order valence-electron chi connectivity index (χ2n) is 5.83. The second-order valence-corrected chi connectivity index (χ2v) is 5.83. The van der Waals surface area contributed by atoms with Crippen molar-refractivity contribution in [3.63, 3.8) is 0 Å². The van der Waals surface area contributed by atoms with Crippen molar-refractivity contribution in [3.05, 3.63) is 59.6 Å². The normalized spacial score (nSPS) is 19.7. The standard InChI is InChI=1S/C18H18N2O3/c1-11-9-15(11)16-7-5-14(23-16)6-8-17(21)20-13-4-2-3-12(10-13)18(19)22/h2-8,10-11,15H,9H2,1H3,(H2,19,22)(H,20,21)/b8-6+. The Hall–Kier alpha value is -2.82. The van der Waals surface area contributed by atoms with Crippen LogP contribution in [0.25, 0.3) is 6.08 Å². The Labute approximate surface area is 134 Å². The number of rotatable bonds is 5. The Kier molecular flexibility index (Phi) is 4.02. The van der Waals surface area contributed by atoms with E-state index in [0.717, 1.165) is 12.2 Å². The highest BCUT2D eigenvalue weighted by Gasteiger charge is 2.36. The molecule has 1 aromatic carbocycles. The number of carbonyl (C=O) groups excluding carboxylic acids is 2. The van der Waals surface area contributed by atoms with E-state index in [1.807, 2.05) is 12.1 Å². The fourth-order valence-corrected chi connectivity index (χ4v) is 2.47. The van der Waals surface area contributed by atoms with Crippen LogP contribution in [0, 0.1) is 5.92 Å². The zero-order chi connectivity index (χ0) is 16.4. The molecule has 1 fully saturated rings. The van der Waals surface area contributed by atoms with Crippen LogP contribution in [0.5, 0.6) is 0 Å². The molecule has 5 heteroatoms. The van der Waals surface area contributed by atoms with Gasteiger partial charge in [0.25, 0.3) is 0 Å². The van der Waals surface area contributed by atoms with Gasteiger partial charge in [-0.25, -0.2) is 0 Å². The minimum Gasteiger partial charge on any atom is -0.461 e. The third-order valence-electron chi connectivity index (χ3n) is 3.94. The number of carbonyl (C=O) groups is 2. The number of primary amides is 1. The number of benzene rings is 1. The second kappa shape index (κ2) is 6.12. The molecular weight excluding hydrogens is 292 g/mol. The Balaban J connectivity index is 1.61. The highest BCUT2D eigenvalue weighted by molar-refractivity contribution is 6.02. The summed E-state index contributed by atoms with van der Waals surface area (Å²) >= 11 is 0. The molecule has 2 aromatic rings. The van der Waals surface area contributed by atoms with E-state index in [-0.39, 0.29) is 5.91 Å². The summed E-state index contributed by atoms with van der Waals surface area (Å²) in [5.74, 6) is 1.99. The van der Waals surface area contributed by atoms with Crippen molar-refractivity contribution in [1.29, 1.82) is 0 Å². The molecule has 0 bridgehead atoms. The molecule has 118 valence electrons. The maximum Gasteiger partial charge on any atom is 0.248 e. The first kappa shape index (κ1) is 15.1. The molecule has 1 aliphatic carbocycles. The number of anilines is 1. The Bertz CT molecular complexity index is 776. The van der Waals surface area contributed by atoms with Crippen molar-refractivity contribution >= 4 is 23.6 Å². The van der Waals surface area contributed by atoms with Gasteiger partial charge in [0, 0.05) is 23.2 Å². The van der Waals surface area contributed by atoms with Gasteiger partial charge in [0.2, 0.25) is 11.8 Å². The average Bonchev–Trinajstić information content (AvgIpc) is 3.07. The fourth-order valence-electron chi connectivity index (χ4n) is 2.47. The van der Waals surface area contributed by atoms with Crippen LogP contribution in [0.4, 0.5) is 5.69 Å². The van der Waals surface area contributed by atoms with Crippen LogP contribution in [-0.4, -0.2) is 11.8 Å². The van der Waals surface area contributed by atoms with Crippen LogP contribution in [-0.2, 0) is 4.79 Å². The molecule has 0 radical (unpaired) electrons. The SMILES string of the molecule is CC1CC1c1ccc(/C=C/C(=O)Nc2cccc(C(N)=O)c2)o1. The molecule has 2 unspecified atom stereocenters. The molecule has 1 aliphatic rings. The topological polar surface area (TPSA) is 85.3 Å². The highest BCUT2D eigenvalue weighted by atomic mass is 16.3. The van der Waals surface area contributed by atoms with Gasteiger partial charge in [-0.1, -0.05) is 13.0 Å².